The molecule has 0 saturated carbocycles. The van der Waals surface area contributed by atoms with Gasteiger partial charge < -0.3 is 10.1 Å². The molecule has 7 heteroatoms. The minimum Gasteiger partial charge on any atom is -0.376 e. The van der Waals surface area contributed by atoms with Gasteiger partial charge in [-0.05, 0) is 31.7 Å². The molecule has 2 aliphatic rings. The number of nitrogens with one attached hydrogen (secondary N) is 1. The predicted octanol–water partition coefficient (Wildman–Crippen LogP) is 1.36. The van der Waals surface area contributed by atoms with Crippen LogP contribution >= 0.6 is 0 Å². The molecule has 1 atom stereocenters. The molecule has 0 bridgehead atoms. The summed E-state index contributed by atoms with van der Waals surface area (Å²) in [5.74, 6) is 0.176. The van der Waals surface area contributed by atoms with E-state index in [9.17, 15) is 9.59 Å². The van der Waals surface area contributed by atoms with Crippen LogP contribution in [-0.4, -0.2) is 52.9 Å². The first kappa shape index (κ1) is 18.1. The molecule has 4 rings (SSSR count). The molecule has 144 valence electrons. The second-order valence-electron chi connectivity index (χ2n) is 7.45. The van der Waals surface area contributed by atoms with Gasteiger partial charge in [-0.1, -0.05) is 18.2 Å². The van der Waals surface area contributed by atoms with Crippen LogP contribution in [0, 0.1) is 5.92 Å². The average Bonchev–Trinajstić information content (AvgIpc) is 3.23. The van der Waals surface area contributed by atoms with E-state index < -0.39 is 0 Å². The van der Waals surface area contributed by atoms with E-state index in [1.807, 2.05) is 24.3 Å². The summed E-state index contributed by atoms with van der Waals surface area (Å²) in [4.78, 5) is 27.1. The highest BCUT2D eigenvalue weighted by atomic mass is 16.5. The summed E-state index contributed by atoms with van der Waals surface area (Å²) in [5.41, 5.74) is -0.0652. The third-order valence-corrected chi connectivity index (χ3v) is 5.58. The molecule has 27 heavy (non-hydrogen) atoms. The lowest BCUT2D eigenvalue weighted by atomic mass is 9.96. The van der Waals surface area contributed by atoms with Crippen molar-refractivity contribution in [2.45, 2.75) is 38.5 Å². The Labute approximate surface area is 158 Å². The molecule has 2 fully saturated rings. The highest BCUT2D eigenvalue weighted by Gasteiger charge is 2.26. The Morgan fingerprint density at radius 1 is 1.22 bits per heavy atom. The Kier molecular flexibility index (Phi) is 5.50. The molecule has 2 aliphatic heterocycles. The first-order chi connectivity index (χ1) is 13.2. The molecule has 0 aliphatic carbocycles. The van der Waals surface area contributed by atoms with Crippen molar-refractivity contribution in [1.82, 2.24) is 20.0 Å². The quantitative estimate of drug-likeness (QED) is 0.860. The van der Waals surface area contributed by atoms with Gasteiger partial charge in [-0.3, -0.25) is 14.5 Å². The lowest BCUT2D eigenvalue weighted by Gasteiger charge is -2.31. The van der Waals surface area contributed by atoms with Crippen LogP contribution in [0.1, 0.15) is 25.7 Å². The molecule has 0 unspecified atom stereocenters. The number of aromatic nitrogens is 2. The van der Waals surface area contributed by atoms with Crippen molar-refractivity contribution in [3.05, 3.63) is 40.8 Å². The van der Waals surface area contributed by atoms with E-state index in [0.717, 1.165) is 50.8 Å². The number of nitrogens with zero attached hydrogens (tertiary/aromatic N) is 3. The first-order valence-corrected chi connectivity index (χ1v) is 9.77. The summed E-state index contributed by atoms with van der Waals surface area (Å²) in [6.07, 6.45) is 5.65. The van der Waals surface area contributed by atoms with E-state index in [0.29, 0.717) is 18.6 Å². The Bertz CT molecular complexity index is 852. The van der Waals surface area contributed by atoms with Gasteiger partial charge in [0.25, 0.3) is 5.56 Å². The zero-order valence-electron chi connectivity index (χ0n) is 15.5. The summed E-state index contributed by atoms with van der Waals surface area (Å²) in [7, 11) is 0. The maximum atomic E-state index is 12.6. The Balaban J connectivity index is 1.30. The van der Waals surface area contributed by atoms with Crippen molar-refractivity contribution in [1.29, 1.82) is 0 Å². The summed E-state index contributed by atoms with van der Waals surface area (Å²) in [6, 6.07) is 7.51. The fourth-order valence-electron chi connectivity index (χ4n) is 3.92. The fourth-order valence-corrected chi connectivity index (χ4v) is 3.92. The first-order valence-electron chi connectivity index (χ1n) is 9.77. The monoisotopic (exact) mass is 370 g/mol. The topological polar surface area (TPSA) is 76.5 Å². The van der Waals surface area contributed by atoms with Crippen LogP contribution in [0.3, 0.4) is 0 Å². The summed E-state index contributed by atoms with van der Waals surface area (Å²) < 4.78 is 7.07. The number of likely N-dealkylation sites (tertiary alicyclic amines) is 1. The van der Waals surface area contributed by atoms with Crippen LogP contribution in [0.2, 0.25) is 0 Å². The van der Waals surface area contributed by atoms with Gasteiger partial charge in [-0.15, -0.1) is 0 Å². The molecule has 0 radical (unpaired) electrons. The zero-order valence-corrected chi connectivity index (χ0v) is 15.5. The molecule has 1 aromatic carbocycles. The molecule has 0 spiro atoms. The van der Waals surface area contributed by atoms with E-state index in [2.05, 4.69) is 15.3 Å². The standard InChI is InChI=1S/C20H26N4O3/c25-19(21-13-17-5-3-11-27-17)15-7-9-23(10-8-15)14-24-20(26)18-6-2-1-4-16(18)12-22-24/h1-2,4,6,12,15,17H,3,5,7-11,13-14H2,(H,21,25)/t17-/m1/s1. The SMILES string of the molecule is O=C(NC[C@H]1CCCO1)C1CCN(Cn2ncc3ccccc3c2=O)CC1. The van der Waals surface area contributed by atoms with Crippen molar-refractivity contribution < 1.29 is 9.53 Å². The molecular formula is C20H26N4O3. The number of hydrogen-bond donors (Lipinski definition) is 1. The Morgan fingerprint density at radius 3 is 2.81 bits per heavy atom. The van der Waals surface area contributed by atoms with Gasteiger partial charge in [0.1, 0.15) is 0 Å². The third-order valence-electron chi connectivity index (χ3n) is 5.58. The van der Waals surface area contributed by atoms with Crippen molar-refractivity contribution in [3.63, 3.8) is 0 Å². The Hall–Kier alpha value is -2.25. The predicted molar refractivity (Wildman–Crippen MR) is 102 cm³/mol. The van der Waals surface area contributed by atoms with E-state index >= 15 is 0 Å². The highest BCUT2D eigenvalue weighted by Crippen LogP contribution is 2.18. The number of fused-ring (bicyclic) bond motifs is 1. The van der Waals surface area contributed by atoms with Crippen LogP contribution in [0.15, 0.2) is 35.3 Å². The van der Waals surface area contributed by atoms with Crippen LogP contribution < -0.4 is 10.9 Å². The second kappa shape index (κ2) is 8.19. The van der Waals surface area contributed by atoms with Crippen molar-refractivity contribution in [2.75, 3.05) is 26.2 Å². The molecule has 1 N–H and O–H groups in total. The smallest absolute Gasteiger partial charge is 0.275 e. The highest BCUT2D eigenvalue weighted by molar-refractivity contribution is 5.80. The summed E-state index contributed by atoms with van der Waals surface area (Å²) in [6.45, 7) is 3.47. The molecular weight excluding hydrogens is 344 g/mol. The number of ether oxygens (including phenoxy) is 1. The minimum absolute atomic E-state index is 0.0453. The largest absolute Gasteiger partial charge is 0.376 e. The number of carbonyl (C=O) groups is 1. The van der Waals surface area contributed by atoms with Gasteiger partial charge in [-0.2, -0.15) is 5.10 Å². The summed E-state index contributed by atoms with van der Waals surface area (Å²) in [5, 5.41) is 8.89. The average molecular weight is 370 g/mol. The molecule has 7 nitrogen and oxygen atoms in total. The van der Waals surface area contributed by atoms with Crippen molar-refractivity contribution in [3.8, 4) is 0 Å². The van der Waals surface area contributed by atoms with E-state index in [4.69, 9.17) is 4.74 Å². The Morgan fingerprint density at radius 2 is 2.04 bits per heavy atom. The van der Waals surface area contributed by atoms with Gasteiger partial charge in [0.05, 0.1) is 24.4 Å². The number of hydrogen-bond acceptors (Lipinski definition) is 5. The van der Waals surface area contributed by atoms with E-state index in [1.54, 1.807) is 6.20 Å². The van der Waals surface area contributed by atoms with Gasteiger partial charge >= 0.3 is 0 Å². The zero-order chi connectivity index (χ0) is 18.6. The summed E-state index contributed by atoms with van der Waals surface area (Å²) >= 11 is 0. The third kappa shape index (κ3) is 4.20. The van der Waals surface area contributed by atoms with E-state index in [-0.39, 0.29) is 23.5 Å². The molecule has 1 aromatic heterocycles. The molecule has 2 saturated heterocycles. The lowest BCUT2D eigenvalue weighted by molar-refractivity contribution is -0.127. The van der Waals surface area contributed by atoms with Gasteiger partial charge in [0, 0.05) is 37.5 Å². The number of carbonyl (C=O) groups excluding carboxylic acids is 1. The van der Waals surface area contributed by atoms with Crippen LogP contribution in [0.25, 0.3) is 10.8 Å². The van der Waals surface area contributed by atoms with Gasteiger partial charge in [-0.25, -0.2) is 4.68 Å². The second-order valence-corrected chi connectivity index (χ2v) is 7.45. The van der Waals surface area contributed by atoms with Crippen LogP contribution in [0.5, 0.6) is 0 Å². The van der Waals surface area contributed by atoms with Crippen LogP contribution in [-0.2, 0) is 16.2 Å². The number of benzene rings is 1. The lowest BCUT2D eigenvalue weighted by Crippen LogP contribution is -2.44. The number of rotatable bonds is 5. The maximum Gasteiger partial charge on any atom is 0.275 e. The maximum absolute atomic E-state index is 12.6. The number of piperidine rings is 1. The number of amides is 1. The molecule has 1 amide bonds. The molecule has 3 heterocycles. The van der Waals surface area contributed by atoms with Crippen molar-refractivity contribution >= 4 is 16.7 Å². The van der Waals surface area contributed by atoms with Gasteiger partial charge in [0.15, 0.2) is 0 Å². The van der Waals surface area contributed by atoms with Gasteiger partial charge in [0.2, 0.25) is 5.91 Å². The van der Waals surface area contributed by atoms with E-state index in [1.165, 1.54) is 4.68 Å². The van der Waals surface area contributed by atoms with Crippen molar-refractivity contribution in [2.24, 2.45) is 5.92 Å². The fraction of sp³-hybridized carbons (Fsp3) is 0.550. The molecule has 2 aromatic rings. The normalized spacial score (nSPS) is 21.6. The van der Waals surface area contributed by atoms with Crippen LogP contribution in [0.4, 0.5) is 0 Å². The minimum atomic E-state index is -0.0652.